The zero-order valence-electron chi connectivity index (χ0n) is 23.2. The van der Waals surface area contributed by atoms with E-state index in [0.717, 1.165) is 25.7 Å². The molecule has 2 unspecified atom stereocenters. The lowest BCUT2D eigenvalue weighted by atomic mass is 10.1. The summed E-state index contributed by atoms with van der Waals surface area (Å²) in [6, 6.07) is 0. The number of carbonyl (C=O) groups is 2. The van der Waals surface area contributed by atoms with E-state index in [0.29, 0.717) is 12.8 Å². The number of hydrogen-bond donors (Lipinski definition) is 3. The Labute approximate surface area is 224 Å². The predicted octanol–water partition coefficient (Wildman–Crippen LogP) is 5.98. The van der Waals surface area contributed by atoms with Crippen LogP contribution >= 0.6 is 7.82 Å². The number of ether oxygens (including phenoxy) is 1. The summed E-state index contributed by atoms with van der Waals surface area (Å²) in [6.45, 7) is 3.09. The van der Waals surface area contributed by atoms with Crippen molar-refractivity contribution in [3.63, 3.8) is 0 Å². The standard InChI is InChI=1S/C27H52NO8P/c1-3-5-6-7-8-9-10-11-12-13-14-15-16-17-18-20-26(30)28-21-22-35-37(32,33)36-24-25(29)23-34-27(31)19-4-2/h11-12,25,29H,3-10,13-24H2,1-2H3,(H,28,30)(H,32,33)/b12-11-. The molecule has 0 saturated heterocycles. The Bertz CT molecular complexity index is 644. The van der Waals surface area contributed by atoms with Gasteiger partial charge in [0.1, 0.15) is 12.7 Å². The summed E-state index contributed by atoms with van der Waals surface area (Å²) >= 11 is 0. The number of esters is 1. The van der Waals surface area contributed by atoms with Crippen molar-refractivity contribution in [3.8, 4) is 0 Å². The Hall–Kier alpha value is -1.25. The molecule has 0 radical (unpaired) electrons. The number of carbonyl (C=O) groups excluding carboxylic acids is 2. The highest BCUT2D eigenvalue weighted by Gasteiger charge is 2.23. The number of aliphatic hydroxyl groups excluding tert-OH is 1. The van der Waals surface area contributed by atoms with E-state index in [4.69, 9.17) is 9.26 Å². The van der Waals surface area contributed by atoms with Gasteiger partial charge in [0.05, 0.1) is 13.2 Å². The molecule has 218 valence electrons. The molecule has 0 aliphatic carbocycles. The minimum atomic E-state index is -4.38. The molecule has 0 aliphatic rings. The second-order valence-corrected chi connectivity index (χ2v) is 10.8. The Morgan fingerprint density at radius 2 is 1.41 bits per heavy atom. The lowest BCUT2D eigenvalue weighted by molar-refractivity contribution is -0.147. The quantitative estimate of drug-likeness (QED) is 0.0520. The van der Waals surface area contributed by atoms with Crippen molar-refractivity contribution in [1.29, 1.82) is 0 Å². The molecule has 0 spiro atoms. The van der Waals surface area contributed by atoms with Gasteiger partial charge in [0.2, 0.25) is 5.91 Å². The maximum Gasteiger partial charge on any atom is 0.472 e. The Morgan fingerprint density at radius 3 is 2.03 bits per heavy atom. The molecule has 10 heteroatoms. The van der Waals surface area contributed by atoms with Crippen LogP contribution in [0.4, 0.5) is 0 Å². The molecule has 0 aromatic carbocycles. The molecular formula is C27H52NO8P. The molecule has 1 amide bonds. The number of phosphoric ester groups is 1. The molecule has 0 fully saturated rings. The molecule has 0 aromatic rings. The molecule has 0 rings (SSSR count). The normalized spacial score (nSPS) is 13.9. The van der Waals surface area contributed by atoms with E-state index in [2.05, 4.69) is 28.9 Å². The first-order chi connectivity index (χ1) is 17.8. The smallest absolute Gasteiger partial charge is 0.463 e. The fourth-order valence-corrected chi connectivity index (χ4v) is 4.28. The molecule has 3 N–H and O–H groups in total. The third kappa shape index (κ3) is 26.2. The van der Waals surface area contributed by atoms with Gasteiger partial charge in [-0.25, -0.2) is 4.57 Å². The molecule has 9 nitrogen and oxygen atoms in total. The van der Waals surface area contributed by atoms with E-state index in [1.165, 1.54) is 57.8 Å². The van der Waals surface area contributed by atoms with Gasteiger partial charge in [-0.05, 0) is 38.5 Å². The van der Waals surface area contributed by atoms with Gasteiger partial charge in [-0.2, -0.15) is 0 Å². The molecule has 0 aromatic heterocycles. The van der Waals surface area contributed by atoms with Crippen LogP contribution in [0.15, 0.2) is 12.2 Å². The van der Waals surface area contributed by atoms with Crippen LogP contribution in [-0.2, 0) is 27.9 Å². The van der Waals surface area contributed by atoms with E-state index in [1.807, 2.05) is 6.92 Å². The first-order valence-corrected chi connectivity index (χ1v) is 15.7. The van der Waals surface area contributed by atoms with Gasteiger partial charge in [0.15, 0.2) is 0 Å². The van der Waals surface area contributed by atoms with Crippen molar-refractivity contribution >= 4 is 19.7 Å². The predicted molar refractivity (Wildman–Crippen MR) is 146 cm³/mol. The van der Waals surface area contributed by atoms with Crippen molar-refractivity contribution in [1.82, 2.24) is 5.32 Å². The second-order valence-electron chi connectivity index (χ2n) is 9.37. The lowest BCUT2D eigenvalue weighted by Crippen LogP contribution is -2.27. The molecular weight excluding hydrogens is 497 g/mol. The SMILES string of the molecule is CCCCCCCC/C=C\CCCCCCCC(=O)NCCOP(=O)(O)OCC(O)COC(=O)CCC. The summed E-state index contributed by atoms with van der Waals surface area (Å²) < 4.78 is 26.1. The third-order valence-corrected chi connectivity index (χ3v) is 6.65. The highest BCUT2D eigenvalue weighted by Crippen LogP contribution is 2.42. The van der Waals surface area contributed by atoms with Crippen LogP contribution < -0.4 is 5.32 Å². The van der Waals surface area contributed by atoms with Gasteiger partial charge in [-0.15, -0.1) is 0 Å². The molecule has 37 heavy (non-hydrogen) atoms. The Kier molecular flexibility index (Phi) is 24.2. The number of nitrogens with one attached hydrogen (secondary N) is 1. The van der Waals surface area contributed by atoms with Gasteiger partial charge in [-0.3, -0.25) is 18.6 Å². The average Bonchev–Trinajstić information content (AvgIpc) is 2.86. The summed E-state index contributed by atoms with van der Waals surface area (Å²) in [6.07, 6.45) is 20.2. The minimum absolute atomic E-state index is 0.0784. The van der Waals surface area contributed by atoms with Crippen molar-refractivity contribution < 1.29 is 37.9 Å². The minimum Gasteiger partial charge on any atom is -0.463 e. The maximum absolute atomic E-state index is 11.9. The van der Waals surface area contributed by atoms with Gasteiger partial charge < -0.3 is 20.1 Å². The number of aliphatic hydroxyl groups is 1. The van der Waals surface area contributed by atoms with Crippen molar-refractivity contribution in [3.05, 3.63) is 12.2 Å². The average molecular weight is 550 g/mol. The van der Waals surface area contributed by atoms with Gasteiger partial charge in [0.25, 0.3) is 0 Å². The fraction of sp³-hybridized carbons (Fsp3) is 0.852. The topological polar surface area (TPSA) is 131 Å². The van der Waals surface area contributed by atoms with Gasteiger partial charge in [-0.1, -0.05) is 77.4 Å². The highest BCUT2D eigenvalue weighted by atomic mass is 31.2. The van der Waals surface area contributed by atoms with Crippen LogP contribution in [0, 0.1) is 0 Å². The summed E-state index contributed by atoms with van der Waals surface area (Å²) in [7, 11) is -4.38. The Balaban J connectivity index is 3.58. The first-order valence-electron chi connectivity index (χ1n) is 14.2. The second kappa shape index (κ2) is 25.1. The Morgan fingerprint density at radius 1 is 0.811 bits per heavy atom. The number of amides is 1. The number of rotatable bonds is 26. The van der Waals surface area contributed by atoms with Gasteiger partial charge >= 0.3 is 13.8 Å². The van der Waals surface area contributed by atoms with E-state index < -0.39 is 26.5 Å². The highest BCUT2D eigenvalue weighted by molar-refractivity contribution is 7.47. The van der Waals surface area contributed by atoms with Crippen molar-refractivity contribution in [2.24, 2.45) is 0 Å². The van der Waals surface area contributed by atoms with Crippen molar-refractivity contribution in [2.45, 2.75) is 123 Å². The summed E-state index contributed by atoms with van der Waals surface area (Å²) in [5.41, 5.74) is 0. The fourth-order valence-electron chi connectivity index (χ4n) is 3.53. The summed E-state index contributed by atoms with van der Waals surface area (Å²) in [4.78, 5) is 32.7. The van der Waals surface area contributed by atoms with E-state index in [9.17, 15) is 24.2 Å². The molecule has 0 saturated carbocycles. The van der Waals surface area contributed by atoms with E-state index >= 15 is 0 Å². The molecule has 2 atom stereocenters. The van der Waals surface area contributed by atoms with Crippen LogP contribution in [0.5, 0.6) is 0 Å². The number of allylic oxidation sites excluding steroid dienone is 2. The zero-order valence-corrected chi connectivity index (χ0v) is 24.1. The van der Waals surface area contributed by atoms with Crippen LogP contribution in [0.2, 0.25) is 0 Å². The zero-order chi connectivity index (χ0) is 27.6. The van der Waals surface area contributed by atoms with Crippen LogP contribution in [0.1, 0.15) is 117 Å². The lowest BCUT2D eigenvalue weighted by Gasteiger charge is -2.15. The summed E-state index contributed by atoms with van der Waals surface area (Å²) in [5.74, 6) is -0.582. The monoisotopic (exact) mass is 549 g/mol. The number of hydrogen-bond acceptors (Lipinski definition) is 7. The third-order valence-electron chi connectivity index (χ3n) is 5.67. The molecule has 0 aliphatic heterocycles. The number of unbranched alkanes of at least 4 members (excludes halogenated alkanes) is 11. The van der Waals surface area contributed by atoms with E-state index in [1.54, 1.807) is 0 Å². The largest absolute Gasteiger partial charge is 0.472 e. The van der Waals surface area contributed by atoms with Crippen LogP contribution in [0.3, 0.4) is 0 Å². The van der Waals surface area contributed by atoms with Crippen LogP contribution in [0.25, 0.3) is 0 Å². The van der Waals surface area contributed by atoms with Crippen molar-refractivity contribution in [2.75, 3.05) is 26.4 Å². The summed E-state index contributed by atoms with van der Waals surface area (Å²) in [5, 5.41) is 12.3. The van der Waals surface area contributed by atoms with E-state index in [-0.39, 0.29) is 32.1 Å². The molecule has 0 bridgehead atoms. The van der Waals surface area contributed by atoms with Gasteiger partial charge in [0, 0.05) is 19.4 Å². The first kappa shape index (κ1) is 35.8. The molecule has 0 heterocycles. The van der Waals surface area contributed by atoms with Crippen LogP contribution in [-0.4, -0.2) is 54.3 Å². The number of phosphoric acid groups is 1. The maximum atomic E-state index is 11.9.